The van der Waals surface area contributed by atoms with Crippen molar-refractivity contribution in [3.8, 4) is 33.9 Å². The van der Waals surface area contributed by atoms with Gasteiger partial charge in [0, 0.05) is 33.3 Å². The molecule has 0 aliphatic rings. The van der Waals surface area contributed by atoms with Gasteiger partial charge in [0.15, 0.2) is 5.82 Å². The summed E-state index contributed by atoms with van der Waals surface area (Å²) >= 11 is 3.45. The fourth-order valence-electron chi connectivity index (χ4n) is 2.83. The van der Waals surface area contributed by atoms with E-state index in [2.05, 4.69) is 15.9 Å². The van der Waals surface area contributed by atoms with E-state index < -0.39 is 4.92 Å². The summed E-state index contributed by atoms with van der Waals surface area (Å²) in [7, 11) is 0. The van der Waals surface area contributed by atoms with Crippen LogP contribution in [0.4, 0.5) is 5.69 Å². The van der Waals surface area contributed by atoms with Crippen molar-refractivity contribution in [3.05, 3.63) is 99.5 Å². The molecule has 0 saturated heterocycles. The van der Waals surface area contributed by atoms with Crippen molar-refractivity contribution in [2.24, 2.45) is 0 Å². The molecule has 4 aromatic rings. The monoisotopic (exact) mass is 431 g/mol. The SMILES string of the molecule is O=[N+]([O-])c1ccc(-c2nc(-c3ccccc3)cc(-c3ccc(Br)cc3)n2)cc1. The van der Waals surface area contributed by atoms with Crippen molar-refractivity contribution in [1.29, 1.82) is 0 Å². The van der Waals surface area contributed by atoms with E-state index >= 15 is 0 Å². The Morgan fingerprint density at radius 3 is 1.82 bits per heavy atom. The zero-order valence-electron chi connectivity index (χ0n) is 14.6. The van der Waals surface area contributed by atoms with Crippen LogP contribution in [0.1, 0.15) is 0 Å². The molecule has 3 aromatic carbocycles. The average Bonchev–Trinajstić information content (AvgIpc) is 2.74. The van der Waals surface area contributed by atoms with Crippen molar-refractivity contribution in [2.75, 3.05) is 0 Å². The van der Waals surface area contributed by atoms with Crippen LogP contribution in [0.15, 0.2) is 89.4 Å². The van der Waals surface area contributed by atoms with Gasteiger partial charge in [0.1, 0.15) is 0 Å². The molecule has 0 aliphatic heterocycles. The molecule has 0 fully saturated rings. The van der Waals surface area contributed by atoms with E-state index in [-0.39, 0.29) is 5.69 Å². The Morgan fingerprint density at radius 2 is 1.25 bits per heavy atom. The molecule has 28 heavy (non-hydrogen) atoms. The van der Waals surface area contributed by atoms with E-state index in [1.165, 1.54) is 12.1 Å². The van der Waals surface area contributed by atoms with Crippen molar-refractivity contribution < 1.29 is 4.92 Å². The molecule has 1 aromatic heterocycles. The summed E-state index contributed by atoms with van der Waals surface area (Å²) in [6.45, 7) is 0. The maximum absolute atomic E-state index is 10.9. The maximum atomic E-state index is 10.9. The van der Waals surface area contributed by atoms with Gasteiger partial charge < -0.3 is 0 Å². The summed E-state index contributed by atoms with van der Waals surface area (Å²) in [5, 5.41) is 10.9. The van der Waals surface area contributed by atoms with Crippen molar-refractivity contribution in [2.45, 2.75) is 0 Å². The molecule has 0 unspecified atom stereocenters. The normalized spacial score (nSPS) is 10.6. The van der Waals surface area contributed by atoms with E-state index in [0.717, 1.165) is 32.6 Å². The molecule has 0 radical (unpaired) electrons. The highest BCUT2D eigenvalue weighted by atomic mass is 79.9. The van der Waals surface area contributed by atoms with E-state index in [9.17, 15) is 10.1 Å². The first kappa shape index (κ1) is 18.0. The number of hydrogen-bond acceptors (Lipinski definition) is 4. The lowest BCUT2D eigenvalue weighted by atomic mass is 10.1. The Labute approximate surface area is 170 Å². The molecule has 0 saturated carbocycles. The number of nitro benzene ring substituents is 1. The first-order valence-corrected chi connectivity index (χ1v) is 9.35. The van der Waals surface area contributed by atoms with Gasteiger partial charge in [-0.25, -0.2) is 9.97 Å². The van der Waals surface area contributed by atoms with Gasteiger partial charge in [-0.3, -0.25) is 10.1 Å². The zero-order valence-corrected chi connectivity index (χ0v) is 16.2. The zero-order chi connectivity index (χ0) is 19.5. The number of non-ortho nitro benzene ring substituents is 1. The van der Waals surface area contributed by atoms with Crippen molar-refractivity contribution >= 4 is 21.6 Å². The summed E-state index contributed by atoms with van der Waals surface area (Å²) in [5.41, 5.74) is 4.28. The number of benzene rings is 3. The average molecular weight is 432 g/mol. The second-order valence-corrected chi connectivity index (χ2v) is 7.05. The first-order valence-electron chi connectivity index (χ1n) is 8.55. The topological polar surface area (TPSA) is 68.9 Å². The molecule has 4 rings (SSSR count). The van der Waals surface area contributed by atoms with Crippen LogP contribution < -0.4 is 0 Å². The minimum absolute atomic E-state index is 0.0381. The van der Waals surface area contributed by atoms with Crippen LogP contribution in [0.2, 0.25) is 0 Å². The molecule has 5 nitrogen and oxygen atoms in total. The molecular formula is C22H14BrN3O2. The highest BCUT2D eigenvalue weighted by Gasteiger charge is 2.12. The van der Waals surface area contributed by atoms with Gasteiger partial charge >= 0.3 is 0 Å². The Balaban J connectivity index is 1.86. The van der Waals surface area contributed by atoms with Crippen LogP contribution in [-0.2, 0) is 0 Å². The van der Waals surface area contributed by atoms with Crippen LogP contribution in [0.25, 0.3) is 33.9 Å². The maximum Gasteiger partial charge on any atom is 0.269 e. The van der Waals surface area contributed by atoms with Crippen LogP contribution in [0.3, 0.4) is 0 Å². The smallest absolute Gasteiger partial charge is 0.258 e. The number of rotatable bonds is 4. The number of aromatic nitrogens is 2. The lowest BCUT2D eigenvalue weighted by Gasteiger charge is -2.09. The number of nitro groups is 1. The van der Waals surface area contributed by atoms with E-state index in [4.69, 9.17) is 9.97 Å². The van der Waals surface area contributed by atoms with Crippen LogP contribution in [0, 0.1) is 10.1 Å². The molecule has 1 heterocycles. The van der Waals surface area contributed by atoms with Crippen LogP contribution >= 0.6 is 15.9 Å². The minimum atomic E-state index is -0.418. The van der Waals surface area contributed by atoms with Gasteiger partial charge in [-0.15, -0.1) is 0 Å². The summed E-state index contributed by atoms with van der Waals surface area (Å²) in [6.07, 6.45) is 0. The van der Waals surface area contributed by atoms with Gasteiger partial charge in [-0.1, -0.05) is 58.4 Å². The third kappa shape index (κ3) is 3.82. The van der Waals surface area contributed by atoms with Crippen molar-refractivity contribution in [3.63, 3.8) is 0 Å². The molecule has 0 aliphatic carbocycles. The first-order chi connectivity index (χ1) is 13.6. The summed E-state index contributed by atoms with van der Waals surface area (Å²) in [5.74, 6) is 0.522. The van der Waals surface area contributed by atoms with Gasteiger partial charge in [0.05, 0.1) is 16.3 Å². The Morgan fingerprint density at radius 1 is 0.714 bits per heavy atom. The third-order valence-corrected chi connectivity index (χ3v) is 4.80. The van der Waals surface area contributed by atoms with Gasteiger partial charge in [-0.05, 0) is 30.3 Å². The summed E-state index contributed by atoms with van der Waals surface area (Å²) in [4.78, 5) is 19.9. The Bertz CT molecular complexity index is 1130. The number of hydrogen-bond donors (Lipinski definition) is 0. The molecule has 0 atom stereocenters. The molecule has 0 bridgehead atoms. The fraction of sp³-hybridized carbons (Fsp3) is 0. The highest BCUT2D eigenvalue weighted by molar-refractivity contribution is 9.10. The molecule has 6 heteroatoms. The lowest BCUT2D eigenvalue weighted by Crippen LogP contribution is -1.96. The van der Waals surface area contributed by atoms with E-state index in [1.54, 1.807) is 12.1 Å². The van der Waals surface area contributed by atoms with Gasteiger partial charge in [0.25, 0.3) is 5.69 Å². The fourth-order valence-corrected chi connectivity index (χ4v) is 3.10. The van der Waals surface area contributed by atoms with Crippen molar-refractivity contribution in [1.82, 2.24) is 9.97 Å². The molecule has 0 amide bonds. The number of nitrogens with zero attached hydrogens (tertiary/aromatic N) is 3. The van der Waals surface area contributed by atoms with E-state index in [0.29, 0.717) is 5.82 Å². The molecule has 136 valence electrons. The Hall–Kier alpha value is -3.38. The predicted octanol–water partition coefficient (Wildman–Crippen LogP) is 6.15. The number of halogens is 1. The molecular weight excluding hydrogens is 418 g/mol. The third-order valence-electron chi connectivity index (χ3n) is 4.27. The highest BCUT2D eigenvalue weighted by Crippen LogP contribution is 2.28. The molecule has 0 spiro atoms. The molecule has 0 N–H and O–H groups in total. The predicted molar refractivity (Wildman–Crippen MR) is 113 cm³/mol. The quantitative estimate of drug-likeness (QED) is 0.287. The summed E-state index contributed by atoms with van der Waals surface area (Å²) < 4.78 is 0.990. The summed E-state index contributed by atoms with van der Waals surface area (Å²) in [6, 6.07) is 26.0. The second kappa shape index (κ2) is 7.70. The van der Waals surface area contributed by atoms with E-state index in [1.807, 2.05) is 60.7 Å². The van der Waals surface area contributed by atoms with Crippen LogP contribution in [-0.4, -0.2) is 14.9 Å². The van der Waals surface area contributed by atoms with Crippen LogP contribution in [0.5, 0.6) is 0 Å². The van der Waals surface area contributed by atoms with Gasteiger partial charge in [0.2, 0.25) is 0 Å². The lowest BCUT2D eigenvalue weighted by molar-refractivity contribution is -0.384. The Kier molecular flexibility index (Phi) is 4.95. The minimum Gasteiger partial charge on any atom is -0.258 e. The second-order valence-electron chi connectivity index (χ2n) is 6.14. The largest absolute Gasteiger partial charge is 0.269 e. The standard InChI is InChI=1S/C22H14BrN3O2/c23-18-10-6-16(7-11-18)21-14-20(15-4-2-1-3-5-15)24-22(25-21)17-8-12-19(13-9-17)26(27)28/h1-14H. The van der Waals surface area contributed by atoms with Gasteiger partial charge in [-0.2, -0.15) is 0 Å².